The van der Waals surface area contributed by atoms with Gasteiger partial charge in [-0.2, -0.15) is 5.26 Å². The van der Waals surface area contributed by atoms with Crippen molar-refractivity contribution in [1.29, 1.82) is 5.26 Å². The first-order chi connectivity index (χ1) is 14.8. The van der Waals surface area contributed by atoms with E-state index >= 15 is 0 Å². The minimum absolute atomic E-state index is 0.318. The van der Waals surface area contributed by atoms with Crippen molar-refractivity contribution < 1.29 is 4.74 Å². The number of nitrogens with zero attached hydrogens (tertiary/aromatic N) is 1. The molecule has 2 aromatic rings. The summed E-state index contributed by atoms with van der Waals surface area (Å²) in [4.78, 5) is 0. The summed E-state index contributed by atoms with van der Waals surface area (Å²) in [7, 11) is 1.73. The molecule has 0 aromatic heterocycles. The number of piperidine rings is 1. The first kappa shape index (κ1) is 20.9. The van der Waals surface area contributed by atoms with E-state index in [0.717, 1.165) is 62.1 Å². The van der Waals surface area contributed by atoms with Crippen LogP contribution >= 0.6 is 0 Å². The van der Waals surface area contributed by atoms with E-state index in [0.29, 0.717) is 12.1 Å². The Morgan fingerprint density at radius 3 is 2.63 bits per heavy atom. The van der Waals surface area contributed by atoms with Crippen LogP contribution in [0.15, 0.2) is 48.5 Å². The van der Waals surface area contributed by atoms with Crippen molar-refractivity contribution in [2.24, 2.45) is 0 Å². The Morgan fingerprint density at radius 1 is 1.10 bits per heavy atom. The Bertz CT molecular complexity index is 868. The van der Waals surface area contributed by atoms with E-state index in [2.05, 4.69) is 59.2 Å². The zero-order valence-electron chi connectivity index (χ0n) is 18.0. The topological polar surface area (TPSA) is 57.1 Å². The zero-order valence-corrected chi connectivity index (χ0v) is 18.0. The molecule has 30 heavy (non-hydrogen) atoms. The molecule has 0 amide bonds. The maximum Gasteiger partial charge on any atom is 0.123 e. The molecule has 1 saturated carbocycles. The van der Waals surface area contributed by atoms with Crippen LogP contribution in [0.5, 0.6) is 5.75 Å². The molecule has 2 fully saturated rings. The smallest absolute Gasteiger partial charge is 0.123 e. The van der Waals surface area contributed by atoms with Crippen molar-refractivity contribution in [3.8, 4) is 11.8 Å². The number of benzene rings is 2. The van der Waals surface area contributed by atoms with E-state index in [1.807, 2.05) is 6.07 Å². The van der Waals surface area contributed by atoms with E-state index in [9.17, 15) is 5.26 Å². The number of hydrogen-bond acceptors (Lipinski definition) is 4. The molecule has 1 aliphatic heterocycles. The van der Waals surface area contributed by atoms with Crippen LogP contribution in [0.2, 0.25) is 0 Å². The second-order valence-electron chi connectivity index (χ2n) is 8.75. The Morgan fingerprint density at radius 2 is 1.90 bits per heavy atom. The van der Waals surface area contributed by atoms with Crippen molar-refractivity contribution in [3.05, 3.63) is 65.2 Å². The molecule has 1 saturated heterocycles. The van der Waals surface area contributed by atoms with Crippen molar-refractivity contribution in [1.82, 2.24) is 10.6 Å². The highest BCUT2D eigenvalue weighted by atomic mass is 16.5. The van der Waals surface area contributed by atoms with Gasteiger partial charge in [-0.15, -0.1) is 0 Å². The third-order valence-electron chi connectivity index (χ3n) is 6.93. The van der Waals surface area contributed by atoms with Crippen LogP contribution in [0.1, 0.15) is 67.7 Å². The normalized spacial score (nSPS) is 23.5. The molecule has 0 unspecified atom stereocenters. The maximum atomic E-state index is 10.0. The SMILES string of the molecule is COc1ccc(C2(C#N)CCCCC2)cc1CN[C@H]1CCCN[C@H]1c1ccccc1. The molecule has 158 valence electrons. The quantitative estimate of drug-likeness (QED) is 0.712. The van der Waals surface area contributed by atoms with Crippen molar-refractivity contribution in [2.45, 2.75) is 69.0 Å². The molecule has 4 heteroatoms. The van der Waals surface area contributed by atoms with Gasteiger partial charge < -0.3 is 15.4 Å². The molecule has 0 spiro atoms. The summed E-state index contributed by atoms with van der Waals surface area (Å²) in [5.41, 5.74) is 3.30. The van der Waals surface area contributed by atoms with Crippen molar-refractivity contribution in [3.63, 3.8) is 0 Å². The number of rotatable bonds is 6. The maximum absolute atomic E-state index is 10.0. The van der Waals surface area contributed by atoms with Gasteiger partial charge in [0.1, 0.15) is 5.75 Å². The summed E-state index contributed by atoms with van der Waals surface area (Å²) in [6.45, 7) is 1.80. The van der Waals surface area contributed by atoms with Gasteiger partial charge in [-0.25, -0.2) is 0 Å². The van der Waals surface area contributed by atoms with Crippen LogP contribution in [0.3, 0.4) is 0 Å². The predicted octanol–water partition coefficient (Wildman–Crippen LogP) is 5.00. The van der Waals surface area contributed by atoms with Crippen LogP contribution in [0.4, 0.5) is 0 Å². The fourth-order valence-corrected chi connectivity index (χ4v) is 5.19. The van der Waals surface area contributed by atoms with E-state index in [4.69, 9.17) is 4.74 Å². The van der Waals surface area contributed by atoms with Crippen LogP contribution in [0, 0.1) is 11.3 Å². The molecule has 2 aliphatic rings. The number of ether oxygens (including phenoxy) is 1. The van der Waals surface area contributed by atoms with E-state index in [1.54, 1.807) is 7.11 Å². The lowest BCUT2D eigenvalue weighted by Gasteiger charge is -2.34. The highest BCUT2D eigenvalue weighted by Gasteiger charge is 2.34. The largest absolute Gasteiger partial charge is 0.496 e. The third-order valence-corrected chi connectivity index (χ3v) is 6.93. The average Bonchev–Trinajstić information content (AvgIpc) is 2.83. The van der Waals surface area contributed by atoms with Gasteiger partial charge in [0.25, 0.3) is 0 Å². The average molecular weight is 404 g/mol. The predicted molar refractivity (Wildman–Crippen MR) is 120 cm³/mol. The van der Waals surface area contributed by atoms with Crippen LogP contribution in [-0.4, -0.2) is 19.7 Å². The van der Waals surface area contributed by atoms with Gasteiger partial charge in [-0.05, 0) is 55.5 Å². The fraction of sp³-hybridized carbons (Fsp3) is 0.500. The van der Waals surface area contributed by atoms with Crippen LogP contribution < -0.4 is 15.4 Å². The Kier molecular flexibility index (Phi) is 6.72. The van der Waals surface area contributed by atoms with E-state index in [-0.39, 0.29) is 5.41 Å². The van der Waals surface area contributed by atoms with Gasteiger partial charge >= 0.3 is 0 Å². The van der Waals surface area contributed by atoms with Gasteiger partial charge in [-0.1, -0.05) is 55.7 Å². The second kappa shape index (κ2) is 9.64. The summed E-state index contributed by atoms with van der Waals surface area (Å²) in [6.07, 6.45) is 7.77. The molecular formula is C26H33N3O. The summed E-state index contributed by atoms with van der Waals surface area (Å²) < 4.78 is 5.67. The van der Waals surface area contributed by atoms with Gasteiger partial charge in [0, 0.05) is 24.2 Å². The molecule has 4 rings (SSSR count). The molecule has 2 atom stereocenters. The highest BCUT2D eigenvalue weighted by Crippen LogP contribution is 2.40. The Labute approximate surface area is 180 Å². The molecule has 4 nitrogen and oxygen atoms in total. The van der Waals surface area contributed by atoms with Gasteiger partial charge in [0.05, 0.1) is 18.6 Å². The number of methoxy groups -OCH3 is 1. The lowest BCUT2D eigenvalue weighted by Crippen LogP contribution is -2.45. The fourth-order valence-electron chi connectivity index (χ4n) is 5.19. The molecule has 0 bridgehead atoms. The molecule has 0 radical (unpaired) electrons. The third kappa shape index (κ3) is 4.38. The minimum Gasteiger partial charge on any atom is -0.496 e. The summed E-state index contributed by atoms with van der Waals surface area (Å²) in [6, 6.07) is 20.4. The standard InChI is InChI=1S/C26H33N3O/c1-30-24-13-12-22(26(19-27)14-6-3-7-15-26)17-21(24)18-29-23-11-8-16-28-25(23)20-9-4-2-5-10-20/h2,4-5,9-10,12-13,17,23,25,28-29H,3,6-8,11,14-16,18H2,1H3/t23-,25-/m0/s1. The van der Waals surface area contributed by atoms with Crippen molar-refractivity contribution in [2.75, 3.05) is 13.7 Å². The summed E-state index contributed by atoms with van der Waals surface area (Å²) in [5, 5.41) is 17.5. The lowest BCUT2D eigenvalue weighted by molar-refractivity contribution is 0.302. The van der Waals surface area contributed by atoms with Gasteiger partial charge in [-0.3, -0.25) is 0 Å². The number of hydrogen-bond donors (Lipinski definition) is 2. The molecule has 1 aliphatic carbocycles. The van der Waals surface area contributed by atoms with Crippen molar-refractivity contribution >= 4 is 0 Å². The summed E-state index contributed by atoms with van der Waals surface area (Å²) in [5.74, 6) is 0.898. The summed E-state index contributed by atoms with van der Waals surface area (Å²) >= 11 is 0. The first-order valence-electron chi connectivity index (χ1n) is 11.4. The Hall–Kier alpha value is -2.35. The van der Waals surface area contributed by atoms with E-state index < -0.39 is 0 Å². The molecule has 2 aromatic carbocycles. The lowest BCUT2D eigenvalue weighted by atomic mass is 9.70. The van der Waals surface area contributed by atoms with Crippen LogP contribution in [-0.2, 0) is 12.0 Å². The first-order valence-corrected chi connectivity index (χ1v) is 11.4. The van der Waals surface area contributed by atoms with Gasteiger partial charge in [0.2, 0.25) is 0 Å². The minimum atomic E-state index is -0.335. The Balaban J connectivity index is 1.54. The second-order valence-corrected chi connectivity index (χ2v) is 8.75. The van der Waals surface area contributed by atoms with Gasteiger partial charge in [0.15, 0.2) is 0 Å². The number of nitriles is 1. The highest BCUT2D eigenvalue weighted by molar-refractivity contribution is 5.43. The number of nitrogens with one attached hydrogen (secondary N) is 2. The monoisotopic (exact) mass is 403 g/mol. The molecular weight excluding hydrogens is 370 g/mol. The van der Waals surface area contributed by atoms with Crippen LogP contribution in [0.25, 0.3) is 0 Å². The molecule has 1 heterocycles. The molecule has 2 N–H and O–H groups in total. The zero-order chi connectivity index (χ0) is 20.8. The van der Waals surface area contributed by atoms with E-state index in [1.165, 1.54) is 18.4 Å².